The topological polar surface area (TPSA) is 74.2 Å². The largest absolute Gasteiger partial charge is 0.398 e. The number of benzene rings is 1. The second-order valence-electron chi connectivity index (χ2n) is 4.00. The lowest BCUT2D eigenvalue weighted by atomic mass is 10.1. The first-order valence-corrected chi connectivity index (χ1v) is 5.98. The first kappa shape index (κ1) is 12.6. The Hall–Kier alpha value is -1.88. The molecule has 0 atom stereocenters. The fourth-order valence-corrected chi connectivity index (χ4v) is 1.64. The molecule has 0 aliphatic rings. The van der Waals surface area contributed by atoms with E-state index in [2.05, 4.69) is 10.1 Å². The maximum absolute atomic E-state index is 5.99. The third-order valence-corrected chi connectivity index (χ3v) is 2.70. The monoisotopic (exact) mass is 247 g/mol. The number of rotatable bonds is 5. The van der Waals surface area contributed by atoms with Gasteiger partial charge in [-0.2, -0.15) is 4.98 Å². The van der Waals surface area contributed by atoms with Gasteiger partial charge >= 0.3 is 0 Å². The van der Waals surface area contributed by atoms with E-state index in [1.165, 1.54) is 0 Å². The molecule has 0 unspecified atom stereocenters. The Labute approximate surface area is 106 Å². The van der Waals surface area contributed by atoms with Crippen molar-refractivity contribution in [2.75, 3.05) is 18.9 Å². The van der Waals surface area contributed by atoms with Crippen LogP contribution < -0.4 is 5.73 Å². The smallest absolute Gasteiger partial charge is 0.260 e. The molecule has 0 radical (unpaired) electrons. The van der Waals surface area contributed by atoms with Gasteiger partial charge in [-0.1, -0.05) is 17.3 Å². The molecule has 1 aromatic heterocycles. The summed E-state index contributed by atoms with van der Waals surface area (Å²) in [7, 11) is 0. The van der Waals surface area contributed by atoms with Gasteiger partial charge in [-0.05, 0) is 25.5 Å². The van der Waals surface area contributed by atoms with E-state index in [1.54, 1.807) is 0 Å². The van der Waals surface area contributed by atoms with Crippen molar-refractivity contribution in [3.05, 3.63) is 29.6 Å². The standard InChI is InChI=1S/C13H17N3O2/c1-3-17-8-7-11-15-13(18-16-11)10-6-4-5-9(2)12(10)14/h4-6H,3,7-8,14H2,1-2H3. The van der Waals surface area contributed by atoms with Gasteiger partial charge in [0.15, 0.2) is 5.82 Å². The number of hydrogen-bond acceptors (Lipinski definition) is 5. The van der Waals surface area contributed by atoms with E-state index < -0.39 is 0 Å². The molecule has 0 aliphatic heterocycles. The second kappa shape index (κ2) is 5.64. The number of ether oxygens (including phenoxy) is 1. The maximum Gasteiger partial charge on any atom is 0.260 e. The van der Waals surface area contributed by atoms with Crippen molar-refractivity contribution < 1.29 is 9.26 Å². The minimum atomic E-state index is 0.461. The minimum Gasteiger partial charge on any atom is -0.398 e. The molecule has 0 fully saturated rings. The van der Waals surface area contributed by atoms with Crippen LogP contribution in [0.3, 0.4) is 0 Å². The van der Waals surface area contributed by atoms with Gasteiger partial charge in [-0.15, -0.1) is 0 Å². The van der Waals surface area contributed by atoms with Crippen LogP contribution in [0, 0.1) is 6.92 Å². The fraction of sp³-hybridized carbons (Fsp3) is 0.385. The third-order valence-electron chi connectivity index (χ3n) is 2.70. The van der Waals surface area contributed by atoms with Crippen LogP contribution in [-0.4, -0.2) is 23.4 Å². The van der Waals surface area contributed by atoms with E-state index in [0.29, 0.717) is 37.0 Å². The summed E-state index contributed by atoms with van der Waals surface area (Å²) in [6.45, 7) is 5.19. The van der Waals surface area contributed by atoms with Crippen LogP contribution >= 0.6 is 0 Å². The molecule has 18 heavy (non-hydrogen) atoms. The lowest BCUT2D eigenvalue weighted by Gasteiger charge is -2.03. The highest BCUT2D eigenvalue weighted by Crippen LogP contribution is 2.26. The zero-order valence-electron chi connectivity index (χ0n) is 10.6. The maximum atomic E-state index is 5.99. The van der Waals surface area contributed by atoms with Crippen molar-refractivity contribution >= 4 is 5.69 Å². The second-order valence-corrected chi connectivity index (χ2v) is 4.00. The number of nitrogens with zero attached hydrogens (tertiary/aromatic N) is 2. The van der Waals surface area contributed by atoms with Crippen LogP contribution in [0.15, 0.2) is 22.7 Å². The van der Waals surface area contributed by atoms with Gasteiger partial charge in [-0.3, -0.25) is 0 Å². The Balaban J connectivity index is 2.16. The summed E-state index contributed by atoms with van der Waals surface area (Å²) in [4.78, 5) is 4.32. The number of aromatic nitrogens is 2. The molecule has 2 rings (SSSR count). The van der Waals surface area contributed by atoms with Crippen LogP contribution in [0.5, 0.6) is 0 Å². The van der Waals surface area contributed by atoms with Gasteiger partial charge in [0, 0.05) is 18.7 Å². The Kier molecular flexibility index (Phi) is 3.94. The number of nitrogens with two attached hydrogens (primary N) is 1. The van der Waals surface area contributed by atoms with Crippen LogP contribution in [0.25, 0.3) is 11.5 Å². The Morgan fingerprint density at radius 1 is 1.39 bits per heavy atom. The van der Waals surface area contributed by atoms with Gasteiger partial charge in [-0.25, -0.2) is 0 Å². The average molecular weight is 247 g/mol. The number of para-hydroxylation sites is 1. The zero-order valence-corrected chi connectivity index (χ0v) is 10.6. The summed E-state index contributed by atoms with van der Waals surface area (Å²) >= 11 is 0. The zero-order chi connectivity index (χ0) is 13.0. The molecular formula is C13H17N3O2. The lowest BCUT2D eigenvalue weighted by Crippen LogP contribution is -1.99. The van der Waals surface area contributed by atoms with E-state index in [1.807, 2.05) is 32.0 Å². The quantitative estimate of drug-likeness (QED) is 0.647. The first-order chi connectivity index (χ1) is 8.72. The van der Waals surface area contributed by atoms with Crippen LogP contribution in [-0.2, 0) is 11.2 Å². The summed E-state index contributed by atoms with van der Waals surface area (Å²) in [5, 5.41) is 3.91. The van der Waals surface area contributed by atoms with Gasteiger partial charge in [0.05, 0.1) is 12.2 Å². The fourth-order valence-electron chi connectivity index (χ4n) is 1.64. The van der Waals surface area contributed by atoms with E-state index >= 15 is 0 Å². The predicted molar refractivity (Wildman–Crippen MR) is 69.1 cm³/mol. The van der Waals surface area contributed by atoms with Crippen LogP contribution in [0.4, 0.5) is 5.69 Å². The van der Waals surface area contributed by atoms with Gasteiger partial charge in [0.2, 0.25) is 0 Å². The summed E-state index contributed by atoms with van der Waals surface area (Å²) in [6.07, 6.45) is 0.642. The van der Waals surface area contributed by atoms with E-state index in [-0.39, 0.29) is 0 Å². The highest BCUT2D eigenvalue weighted by molar-refractivity contribution is 5.72. The average Bonchev–Trinajstić information content (AvgIpc) is 2.82. The molecule has 0 saturated heterocycles. The Morgan fingerprint density at radius 3 is 3.00 bits per heavy atom. The lowest BCUT2D eigenvalue weighted by molar-refractivity contribution is 0.149. The molecule has 96 valence electrons. The molecule has 0 saturated carbocycles. The highest BCUT2D eigenvalue weighted by atomic mass is 16.5. The van der Waals surface area contributed by atoms with E-state index in [0.717, 1.165) is 11.1 Å². The minimum absolute atomic E-state index is 0.461. The number of nitrogen functional groups attached to an aromatic ring is 1. The number of hydrogen-bond donors (Lipinski definition) is 1. The molecule has 5 nitrogen and oxygen atoms in total. The summed E-state index contributed by atoms with van der Waals surface area (Å²) in [5.74, 6) is 1.10. The normalized spacial score (nSPS) is 10.8. The van der Waals surface area contributed by atoms with Gasteiger partial charge < -0.3 is 15.0 Å². The van der Waals surface area contributed by atoms with Crippen molar-refractivity contribution in [1.82, 2.24) is 10.1 Å². The third kappa shape index (κ3) is 2.68. The predicted octanol–water partition coefficient (Wildman–Crippen LogP) is 2.21. The van der Waals surface area contributed by atoms with Gasteiger partial charge in [0.25, 0.3) is 5.89 Å². The Morgan fingerprint density at radius 2 is 2.22 bits per heavy atom. The summed E-state index contributed by atoms with van der Waals surface area (Å²) in [6, 6.07) is 5.75. The molecule has 0 bridgehead atoms. The van der Waals surface area contributed by atoms with Crippen molar-refractivity contribution in [2.24, 2.45) is 0 Å². The molecule has 0 aliphatic carbocycles. The highest BCUT2D eigenvalue weighted by Gasteiger charge is 2.12. The summed E-state index contributed by atoms with van der Waals surface area (Å²) in [5.41, 5.74) is 8.46. The summed E-state index contributed by atoms with van der Waals surface area (Å²) < 4.78 is 10.5. The van der Waals surface area contributed by atoms with Crippen molar-refractivity contribution in [2.45, 2.75) is 20.3 Å². The molecule has 2 aromatic rings. The van der Waals surface area contributed by atoms with Gasteiger partial charge in [0.1, 0.15) is 0 Å². The molecule has 1 aromatic carbocycles. The van der Waals surface area contributed by atoms with Crippen LogP contribution in [0.2, 0.25) is 0 Å². The molecule has 5 heteroatoms. The van der Waals surface area contributed by atoms with E-state index in [9.17, 15) is 0 Å². The Bertz CT molecular complexity index is 523. The molecular weight excluding hydrogens is 230 g/mol. The van der Waals surface area contributed by atoms with E-state index in [4.69, 9.17) is 15.0 Å². The molecule has 0 spiro atoms. The molecule has 1 heterocycles. The molecule has 0 amide bonds. The first-order valence-electron chi connectivity index (χ1n) is 5.98. The SMILES string of the molecule is CCOCCc1noc(-c2cccc(C)c2N)n1. The van der Waals surface area contributed by atoms with Crippen molar-refractivity contribution in [3.63, 3.8) is 0 Å². The van der Waals surface area contributed by atoms with Crippen molar-refractivity contribution in [3.8, 4) is 11.5 Å². The van der Waals surface area contributed by atoms with Crippen LogP contribution in [0.1, 0.15) is 18.3 Å². The van der Waals surface area contributed by atoms with Crippen molar-refractivity contribution in [1.29, 1.82) is 0 Å². The number of aryl methyl sites for hydroxylation is 1. The number of anilines is 1. The molecule has 2 N–H and O–H groups in total.